The van der Waals surface area contributed by atoms with Crippen LogP contribution in [0.25, 0.3) is 10.9 Å². The Labute approximate surface area is 283 Å². The number of hydrogen-bond acceptors (Lipinski definition) is 6. The van der Waals surface area contributed by atoms with Crippen molar-refractivity contribution in [2.45, 2.75) is 63.9 Å². The van der Waals surface area contributed by atoms with Gasteiger partial charge in [-0.15, -0.1) is 0 Å². The van der Waals surface area contributed by atoms with E-state index in [0.717, 1.165) is 16.5 Å². The maximum Gasteiger partial charge on any atom is 0.303 e. The number of aryl methyl sites for hydroxylation is 1. The number of nitrogens with one attached hydrogen (secondary N) is 3. The van der Waals surface area contributed by atoms with Crippen molar-refractivity contribution in [3.8, 4) is 11.5 Å². The summed E-state index contributed by atoms with van der Waals surface area (Å²) in [5, 5.41) is 22.5. The highest BCUT2D eigenvalue weighted by atomic mass is 32.2. The zero-order valence-corrected chi connectivity index (χ0v) is 28.7. The first-order valence-electron chi connectivity index (χ1n) is 16.0. The lowest BCUT2D eigenvalue weighted by Crippen LogP contribution is -2.37. The number of halogens is 2. The number of amidine groups is 2. The van der Waals surface area contributed by atoms with Gasteiger partial charge in [0.1, 0.15) is 23.2 Å². The Kier molecular flexibility index (Phi) is 10.6. The van der Waals surface area contributed by atoms with Crippen molar-refractivity contribution in [3.63, 3.8) is 0 Å². The second-order valence-electron chi connectivity index (χ2n) is 13.0. The molecule has 2 unspecified atom stereocenters. The molecule has 1 aliphatic heterocycles. The highest BCUT2D eigenvalue weighted by molar-refractivity contribution is 7.99. The van der Waals surface area contributed by atoms with Gasteiger partial charge in [-0.3, -0.25) is 10.2 Å². The lowest BCUT2D eigenvalue weighted by atomic mass is 9.77. The summed E-state index contributed by atoms with van der Waals surface area (Å²) in [5.41, 5.74) is 1.55. The molecule has 1 aliphatic rings. The molecule has 3 aromatic carbocycles. The minimum atomic E-state index is -0.982. The summed E-state index contributed by atoms with van der Waals surface area (Å²) >= 11 is 1.69. The molecule has 2 atom stereocenters. The molecule has 2 bridgehead atoms. The van der Waals surface area contributed by atoms with Crippen LogP contribution in [0.15, 0.2) is 65.8 Å². The van der Waals surface area contributed by atoms with Crippen molar-refractivity contribution in [1.29, 1.82) is 5.41 Å². The summed E-state index contributed by atoms with van der Waals surface area (Å²) < 4.78 is 43.6. The normalized spacial score (nSPS) is 20.8. The van der Waals surface area contributed by atoms with Crippen LogP contribution in [0.5, 0.6) is 11.5 Å². The fourth-order valence-electron chi connectivity index (χ4n) is 5.97. The van der Waals surface area contributed by atoms with Crippen molar-refractivity contribution < 1.29 is 28.2 Å². The van der Waals surface area contributed by atoms with Gasteiger partial charge < -0.3 is 24.9 Å². The van der Waals surface area contributed by atoms with Gasteiger partial charge in [0, 0.05) is 48.1 Å². The third kappa shape index (κ3) is 7.73. The van der Waals surface area contributed by atoms with Crippen molar-refractivity contribution in [1.82, 2.24) is 10.3 Å². The van der Waals surface area contributed by atoms with Gasteiger partial charge in [-0.2, -0.15) is 11.8 Å². The van der Waals surface area contributed by atoms with Crippen molar-refractivity contribution in [2.75, 3.05) is 25.2 Å². The van der Waals surface area contributed by atoms with E-state index in [1.807, 2.05) is 58.0 Å². The van der Waals surface area contributed by atoms with Crippen molar-refractivity contribution in [3.05, 3.63) is 94.7 Å². The highest BCUT2D eigenvalue weighted by Gasteiger charge is 2.34. The molecule has 0 saturated heterocycles. The number of fused-ring (bicyclic) bond motifs is 5. The quantitative estimate of drug-likeness (QED) is 0.173. The average molecular weight is 677 g/mol. The fourth-order valence-corrected chi connectivity index (χ4v) is 7.04. The van der Waals surface area contributed by atoms with Gasteiger partial charge in [0.15, 0.2) is 11.6 Å². The average Bonchev–Trinajstić information content (AvgIpc) is 3.51. The first kappa shape index (κ1) is 35.1. The van der Waals surface area contributed by atoms with E-state index >= 15 is 8.78 Å². The molecule has 254 valence electrons. The number of ether oxygens (including phenoxy) is 2. The molecule has 8 nitrogen and oxygen atoms in total. The number of carboxylic acid groups (broad SMARTS) is 1. The summed E-state index contributed by atoms with van der Waals surface area (Å²) in [7, 11) is 1.59. The summed E-state index contributed by atoms with van der Waals surface area (Å²) in [5.74, 6) is -0.537. The van der Waals surface area contributed by atoms with Gasteiger partial charge in [0.05, 0.1) is 23.0 Å². The van der Waals surface area contributed by atoms with Crippen LogP contribution in [0.4, 0.5) is 8.78 Å². The Balaban J connectivity index is 1.61. The molecular weight excluding hydrogens is 634 g/mol. The molecule has 1 aromatic heterocycles. The molecule has 0 amide bonds. The number of aromatic nitrogens is 1. The number of nitrogens with zero attached hydrogens (tertiary/aromatic N) is 1. The lowest BCUT2D eigenvalue weighted by Gasteiger charge is -2.32. The number of thioether (sulfide) groups is 1. The van der Waals surface area contributed by atoms with E-state index < -0.39 is 28.6 Å². The van der Waals surface area contributed by atoms with Gasteiger partial charge in [-0.05, 0) is 80.7 Å². The van der Waals surface area contributed by atoms with Gasteiger partial charge in [-0.25, -0.2) is 13.8 Å². The second-order valence-corrected chi connectivity index (χ2v) is 14.1. The van der Waals surface area contributed by atoms with E-state index in [9.17, 15) is 15.3 Å². The molecule has 0 radical (unpaired) electrons. The lowest BCUT2D eigenvalue weighted by molar-refractivity contribution is -0.137. The Morgan fingerprint density at radius 2 is 1.94 bits per heavy atom. The zero-order valence-electron chi connectivity index (χ0n) is 27.9. The Morgan fingerprint density at radius 3 is 2.69 bits per heavy atom. The van der Waals surface area contributed by atoms with E-state index in [0.29, 0.717) is 42.0 Å². The number of aliphatic imine (C=N–C) groups is 1. The fraction of sp³-hybridized carbons (Fsp3) is 0.378. The summed E-state index contributed by atoms with van der Waals surface area (Å²) in [6, 6.07) is 15.0. The predicted molar refractivity (Wildman–Crippen MR) is 188 cm³/mol. The number of aromatic amines is 1. The van der Waals surface area contributed by atoms with E-state index in [1.54, 1.807) is 25.0 Å². The number of carboxylic acids is 1. The van der Waals surface area contributed by atoms with Crippen LogP contribution >= 0.6 is 11.8 Å². The maximum atomic E-state index is 15.6. The van der Waals surface area contributed by atoms with Crippen molar-refractivity contribution >= 4 is 40.3 Å². The van der Waals surface area contributed by atoms with Crippen LogP contribution in [-0.4, -0.2) is 58.5 Å². The smallest absolute Gasteiger partial charge is 0.303 e. The molecular formula is C37H42F2N4O4S. The molecule has 48 heavy (non-hydrogen) atoms. The third-order valence-electron chi connectivity index (χ3n) is 8.88. The molecule has 4 N–H and O–H groups in total. The number of hydrogen-bond donors (Lipinski definition) is 4. The number of aliphatic carboxylic acids is 1. The van der Waals surface area contributed by atoms with Crippen LogP contribution in [0.1, 0.15) is 68.7 Å². The summed E-state index contributed by atoms with van der Waals surface area (Å²) in [6.07, 6.45) is 2.66. The summed E-state index contributed by atoms with van der Waals surface area (Å²) in [6.45, 7) is 8.09. The van der Waals surface area contributed by atoms with E-state index in [4.69, 9.17) is 9.47 Å². The molecule has 5 rings (SSSR count). The van der Waals surface area contributed by atoms with Gasteiger partial charge >= 0.3 is 5.97 Å². The molecule has 0 aliphatic carbocycles. The first-order chi connectivity index (χ1) is 22.8. The number of rotatable bonds is 4. The van der Waals surface area contributed by atoms with Gasteiger partial charge in [0.25, 0.3) is 0 Å². The van der Waals surface area contributed by atoms with Crippen LogP contribution in [0.3, 0.4) is 0 Å². The number of H-pyrrole nitrogens is 1. The second kappa shape index (κ2) is 14.5. The van der Waals surface area contributed by atoms with E-state index in [-0.39, 0.29) is 41.1 Å². The van der Waals surface area contributed by atoms with Gasteiger partial charge in [0.2, 0.25) is 0 Å². The van der Waals surface area contributed by atoms with Crippen LogP contribution in [0, 0.1) is 17.0 Å². The summed E-state index contributed by atoms with van der Waals surface area (Å²) in [4.78, 5) is 19.2. The molecule has 0 fully saturated rings. The highest BCUT2D eigenvalue weighted by Crippen LogP contribution is 2.37. The minimum absolute atomic E-state index is 0.0310. The zero-order chi connectivity index (χ0) is 34.6. The van der Waals surface area contributed by atoms with Crippen LogP contribution in [0.2, 0.25) is 0 Å². The Bertz CT molecular complexity index is 1860. The SMILES string of the molecule is CN/C1=N\C(=N)C(C)(c2cccc(C(C)CC(=O)O)c2)CCOC(C)(C)CSCCc2c(c(F)cc3[nH]ccc23)Oc2ccc(F)c1c2. The third-order valence-corrected chi connectivity index (χ3v) is 10.3. The number of benzene rings is 3. The first-order valence-corrected chi connectivity index (χ1v) is 17.1. The van der Waals surface area contributed by atoms with Crippen LogP contribution in [-0.2, 0) is 21.4 Å². The topological polar surface area (TPSA) is 120 Å². The Hall–Kier alpha value is -4.22. The largest absolute Gasteiger partial charge is 0.481 e. The molecule has 0 spiro atoms. The maximum absolute atomic E-state index is 15.6. The Morgan fingerprint density at radius 1 is 1.15 bits per heavy atom. The monoisotopic (exact) mass is 676 g/mol. The molecule has 2 heterocycles. The number of carbonyl (C=O) groups is 1. The van der Waals surface area contributed by atoms with E-state index in [2.05, 4.69) is 15.3 Å². The van der Waals surface area contributed by atoms with Crippen molar-refractivity contribution in [2.24, 2.45) is 4.99 Å². The van der Waals surface area contributed by atoms with E-state index in [1.165, 1.54) is 24.3 Å². The standard InChI is InChI=1S/C37H42F2N4O4S/c1-22(17-32(44)45)23-7-6-8-24(18-23)37(4)13-15-46-36(2,3)21-48-16-12-27-26-11-14-42-31(26)20-30(39)33(27)47-25-9-10-29(38)28(19-25)34(41-5)43-35(37)40/h6-11,14,18-20,22,42H,12-13,15-17,21H2,1-5H3,(H,44,45)(H2,40,41,43). The predicted octanol–water partition coefficient (Wildman–Crippen LogP) is 8.19. The molecule has 4 aromatic rings. The minimum Gasteiger partial charge on any atom is -0.481 e. The van der Waals surface area contributed by atoms with Gasteiger partial charge in [-0.1, -0.05) is 31.2 Å². The molecule has 0 saturated carbocycles. The molecule has 11 heteroatoms. The van der Waals surface area contributed by atoms with Crippen LogP contribution < -0.4 is 10.1 Å².